The quantitative estimate of drug-likeness (QED) is 0.450. The highest BCUT2D eigenvalue weighted by atomic mass is 79.9. The number of alkyl halides is 1. The average Bonchev–Trinajstić information content (AvgIpc) is 3.04. The third kappa shape index (κ3) is 5.55. The third-order valence-electron chi connectivity index (χ3n) is 8.24. The number of nitrogens with two attached hydrogens (primary N) is 1. The molecule has 2 N–H and O–H groups in total. The first-order valence-electron chi connectivity index (χ1n) is 12.8. The number of pyridine rings is 1. The van der Waals surface area contributed by atoms with Crippen molar-refractivity contribution >= 4 is 55.4 Å². The van der Waals surface area contributed by atoms with Crippen molar-refractivity contribution in [2.75, 3.05) is 26.2 Å². The fourth-order valence-electron chi connectivity index (χ4n) is 6.27. The molecule has 3 aliphatic rings. The maximum Gasteiger partial charge on any atom is 0.314 e. The van der Waals surface area contributed by atoms with E-state index < -0.39 is 18.1 Å². The van der Waals surface area contributed by atoms with Crippen LogP contribution in [0.1, 0.15) is 54.0 Å². The highest BCUT2D eigenvalue weighted by Gasteiger charge is 2.39. The van der Waals surface area contributed by atoms with Gasteiger partial charge < -0.3 is 15.5 Å². The van der Waals surface area contributed by atoms with Crippen molar-refractivity contribution in [3.63, 3.8) is 0 Å². The first-order chi connectivity index (χ1) is 17.7. The highest BCUT2D eigenvalue weighted by molar-refractivity contribution is 9.10. The molecule has 0 spiro atoms. The molecule has 5 rings (SSSR count). The molecule has 37 heavy (non-hydrogen) atoms. The lowest BCUT2D eigenvalue weighted by molar-refractivity contribution is -0.140. The molecule has 2 atom stereocenters. The number of primary amides is 1. The van der Waals surface area contributed by atoms with Gasteiger partial charge in [-0.1, -0.05) is 27.5 Å². The number of rotatable bonds is 3. The smallest absolute Gasteiger partial charge is 0.314 e. The van der Waals surface area contributed by atoms with E-state index in [1.54, 1.807) is 4.90 Å². The summed E-state index contributed by atoms with van der Waals surface area (Å²) < 4.78 is 17.2. The first kappa shape index (κ1) is 26.9. The zero-order valence-corrected chi connectivity index (χ0v) is 24.4. The number of likely N-dealkylation sites (tertiary alicyclic amines) is 2. The van der Waals surface area contributed by atoms with E-state index in [0.717, 1.165) is 40.3 Å². The summed E-state index contributed by atoms with van der Waals surface area (Å²) >= 11 is 13.8. The summed E-state index contributed by atoms with van der Waals surface area (Å²) in [4.78, 5) is 32.5. The highest BCUT2D eigenvalue weighted by Crippen LogP contribution is 2.46. The molecule has 2 aromatic rings. The van der Waals surface area contributed by atoms with Crippen LogP contribution in [0.5, 0.6) is 0 Å². The van der Waals surface area contributed by atoms with Gasteiger partial charge in [0.2, 0.25) is 0 Å². The van der Waals surface area contributed by atoms with E-state index in [2.05, 4.69) is 44.0 Å². The molecule has 3 heterocycles. The Labute approximate surface area is 238 Å². The SMILES string of the molecule is NC(=O)N1CCC(C(F)C(=O)N2CCC([C@H]3c4ncc(Br)cc4CCc4cc(Cl)cc(Br)c43)CC2)CC1. The predicted molar refractivity (Wildman–Crippen MR) is 148 cm³/mol. The van der Waals surface area contributed by atoms with Gasteiger partial charge in [0.15, 0.2) is 6.17 Å². The molecule has 1 aromatic carbocycles. The Morgan fingerprint density at radius 2 is 1.65 bits per heavy atom. The summed E-state index contributed by atoms with van der Waals surface area (Å²) in [6.07, 6.45) is 4.54. The predicted octanol–water partition coefficient (Wildman–Crippen LogP) is 5.86. The van der Waals surface area contributed by atoms with Crippen LogP contribution in [0.3, 0.4) is 0 Å². The summed E-state index contributed by atoms with van der Waals surface area (Å²) in [7, 11) is 0. The molecular formula is C27H30Br2ClFN4O2. The number of benzene rings is 1. The molecule has 2 saturated heterocycles. The largest absolute Gasteiger partial charge is 0.351 e. The number of halogens is 4. The van der Waals surface area contributed by atoms with Crippen molar-refractivity contribution in [1.29, 1.82) is 0 Å². The van der Waals surface area contributed by atoms with E-state index >= 15 is 4.39 Å². The van der Waals surface area contributed by atoms with Crippen molar-refractivity contribution in [3.8, 4) is 0 Å². The fraction of sp³-hybridized carbons (Fsp3) is 0.519. The molecule has 2 fully saturated rings. The van der Waals surface area contributed by atoms with Crippen LogP contribution < -0.4 is 5.73 Å². The van der Waals surface area contributed by atoms with Gasteiger partial charge in [0.05, 0.1) is 5.69 Å². The monoisotopic (exact) mass is 654 g/mol. The van der Waals surface area contributed by atoms with Gasteiger partial charge in [-0.15, -0.1) is 0 Å². The number of piperidine rings is 2. The van der Waals surface area contributed by atoms with Crippen LogP contribution >= 0.6 is 43.5 Å². The van der Waals surface area contributed by atoms with Crippen molar-refractivity contribution in [1.82, 2.24) is 14.8 Å². The van der Waals surface area contributed by atoms with Crippen molar-refractivity contribution in [3.05, 3.63) is 60.7 Å². The van der Waals surface area contributed by atoms with E-state index in [1.165, 1.54) is 21.6 Å². The molecule has 10 heteroatoms. The Morgan fingerprint density at radius 3 is 2.32 bits per heavy atom. The van der Waals surface area contributed by atoms with Crippen LogP contribution in [0.15, 0.2) is 33.3 Å². The lowest BCUT2D eigenvalue weighted by Gasteiger charge is -2.39. The number of fused-ring (bicyclic) bond motifs is 2. The number of carbonyl (C=O) groups excluding carboxylic acids is 2. The zero-order valence-electron chi connectivity index (χ0n) is 20.4. The maximum absolute atomic E-state index is 15.3. The minimum absolute atomic E-state index is 0.0730. The Morgan fingerprint density at radius 1 is 1.00 bits per heavy atom. The number of carbonyl (C=O) groups is 2. The van der Waals surface area contributed by atoms with Crippen LogP contribution in [0.25, 0.3) is 0 Å². The molecule has 2 aliphatic heterocycles. The molecule has 0 radical (unpaired) electrons. The Kier molecular flexibility index (Phi) is 8.13. The number of amides is 3. The number of aromatic nitrogens is 1. The van der Waals surface area contributed by atoms with Gasteiger partial charge in [0, 0.05) is 58.2 Å². The molecule has 0 bridgehead atoms. The number of urea groups is 1. The Balaban J connectivity index is 1.33. The molecular weight excluding hydrogens is 627 g/mol. The lowest BCUT2D eigenvalue weighted by atomic mass is 9.76. The molecule has 6 nitrogen and oxygen atoms in total. The molecule has 0 saturated carbocycles. The van der Waals surface area contributed by atoms with Crippen LogP contribution in [0.2, 0.25) is 5.02 Å². The number of nitrogens with zero attached hydrogens (tertiary/aromatic N) is 3. The maximum atomic E-state index is 15.3. The summed E-state index contributed by atoms with van der Waals surface area (Å²) in [6, 6.07) is 5.69. The minimum Gasteiger partial charge on any atom is -0.351 e. The number of hydrogen-bond donors (Lipinski definition) is 1. The molecule has 3 amide bonds. The molecule has 1 unspecified atom stereocenters. The van der Waals surface area contributed by atoms with Gasteiger partial charge in [0.25, 0.3) is 5.91 Å². The van der Waals surface area contributed by atoms with Gasteiger partial charge in [-0.3, -0.25) is 9.78 Å². The normalized spacial score (nSPS) is 21.7. The Bertz CT molecular complexity index is 1200. The summed E-state index contributed by atoms with van der Waals surface area (Å²) in [5.41, 5.74) is 10.1. The standard InChI is InChI=1S/C27H30Br2ClFN4O2/c28-19-11-18-2-1-17-12-20(30)13-21(29)22(17)23(25(18)33-14-19)15-3-7-34(8-4-15)26(36)24(31)16-5-9-35(10-6-16)27(32)37/h11-16,23-24H,1-10H2,(H2,32,37)/t23-,24?/m1/s1. The number of aryl methyl sites for hydroxylation is 2. The topological polar surface area (TPSA) is 79.5 Å². The van der Waals surface area contributed by atoms with Crippen LogP contribution in [0.4, 0.5) is 9.18 Å². The molecule has 198 valence electrons. The third-order valence-corrected chi connectivity index (χ3v) is 9.55. The minimum atomic E-state index is -1.54. The van der Waals surface area contributed by atoms with E-state index in [4.69, 9.17) is 22.3 Å². The second kappa shape index (κ2) is 11.2. The van der Waals surface area contributed by atoms with E-state index in [-0.39, 0.29) is 17.8 Å². The van der Waals surface area contributed by atoms with Crippen LogP contribution in [0, 0.1) is 11.8 Å². The first-order valence-corrected chi connectivity index (χ1v) is 14.8. The van der Waals surface area contributed by atoms with E-state index in [1.807, 2.05) is 12.3 Å². The zero-order chi connectivity index (χ0) is 26.3. The van der Waals surface area contributed by atoms with Crippen molar-refractivity contribution < 1.29 is 14.0 Å². The van der Waals surface area contributed by atoms with Crippen molar-refractivity contribution in [2.45, 2.75) is 50.6 Å². The van der Waals surface area contributed by atoms with Gasteiger partial charge >= 0.3 is 6.03 Å². The average molecular weight is 657 g/mol. The molecule has 1 aliphatic carbocycles. The van der Waals surface area contributed by atoms with Gasteiger partial charge in [0.1, 0.15) is 0 Å². The van der Waals surface area contributed by atoms with Gasteiger partial charge in [-0.2, -0.15) is 0 Å². The Hall–Kier alpha value is -1.71. The number of hydrogen-bond acceptors (Lipinski definition) is 3. The van der Waals surface area contributed by atoms with Crippen LogP contribution in [-0.2, 0) is 17.6 Å². The summed E-state index contributed by atoms with van der Waals surface area (Å²) in [5, 5.41) is 0.709. The van der Waals surface area contributed by atoms with E-state index in [0.29, 0.717) is 44.0 Å². The van der Waals surface area contributed by atoms with Gasteiger partial charge in [-0.25, -0.2) is 9.18 Å². The second-order valence-corrected chi connectivity index (χ2v) is 12.6. The van der Waals surface area contributed by atoms with E-state index in [9.17, 15) is 9.59 Å². The molecule has 1 aromatic heterocycles. The van der Waals surface area contributed by atoms with Crippen LogP contribution in [-0.4, -0.2) is 59.1 Å². The fourth-order valence-corrected chi connectivity index (χ4v) is 7.77. The van der Waals surface area contributed by atoms with Crippen molar-refractivity contribution in [2.24, 2.45) is 17.6 Å². The summed E-state index contributed by atoms with van der Waals surface area (Å²) in [5.74, 6) is -0.455. The second-order valence-electron chi connectivity index (χ2n) is 10.4. The summed E-state index contributed by atoms with van der Waals surface area (Å²) in [6.45, 7) is 1.84. The van der Waals surface area contributed by atoms with Gasteiger partial charge in [-0.05, 0) is 95.3 Å². The lowest BCUT2D eigenvalue weighted by Crippen LogP contribution is -2.48.